The molecule has 146 valence electrons. The topological polar surface area (TPSA) is 58.1 Å². The van der Waals surface area contributed by atoms with Gasteiger partial charge in [0.1, 0.15) is 5.82 Å². The highest BCUT2D eigenvalue weighted by Crippen LogP contribution is 2.22. The largest absolute Gasteiger partial charge is 0.326 e. The van der Waals surface area contributed by atoms with Gasteiger partial charge in [-0.2, -0.15) is 0 Å². The summed E-state index contributed by atoms with van der Waals surface area (Å²) in [7, 11) is 0. The van der Waals surface area contributed by atoms with Gasteiger partial charge in [-0.15, -0.1) is 0 Å². The van der Waals surface area contributed by atoms with Gasteiger partial charge >= 0.3 is 5.69 Å². The van der Waals surface area contributed by atoms with Crippen LogP contribution in [0.25, 0.3) is 11.0 Å². The van der Waals surface area contributed by atoms with Gasteiger partial charge in [-0.3, -0.25) is 9.36 Å². The van der Waals surface area contributed by atoms with Crippen molar-refractivity contribution < 1.29 is 17.4 Å². The molecule has 1 aromatic heterocycles. The highest BCUT2D eigenvalue weighted by Gasteiger charge is 2.25. The number of fused-ring (bicyclic) bond motifs is 1. The predicted octanol–water partition coefficient (Wildman–Crippen LogP) is 3.45. The summed E-state index contributed by atoms with van der Waals surface area (Å²) in [6.45, 7) is -5.79. The van der Waals surface area contributed by atoms with E-state index in [0.29, 0.717) is 15.6 Å². The molecule has 2 heterocycles. The first-order chi connectivity index (χ1) is 15.9. The average Bonchev–Trinajstić information content (AvgIpc) is 3.15. The number of aromatic nitrogens is 2. The number of piperidine rings is 1. The molecule has 3 aromatic rings. The lowest BCUT2D eigenvalue weighted by molar-refractivity contribution is 0.0838. The van der Waals surface area contributed by atoms with E-state index in [1.807, 2.05) is 0 Å². The van der Waals surface area contributed by atoms with Crippen molar-refractivity contribution in [2.24, 2.45) is 5.92 Å². The number of rotatable bonds is 6. The van der Waals surface area contributed by atoms with E-state index in [-0.39, 0.29) is 37.2 Å². The van der Waals surface area contributed by atoms with Crippen molar-refractivity contribution in [2.45, 2.75) is 25.7 Å². The molecular weight excluding hydrogens is 357 g/mol. The van der Waals surface area contributed by atoms with Crippen molar-refractivity contribution in [3.05, 3.63) is 70.4 Å². The van der Waals surface area contributed by atoms with Crippen molar-refractivity contribution >= 4 is 16.8 Å². The Labute approximate surface area is 171 Å². The van der Waals surface area contributed by atoms with Crippen LogP contribution in [0.5, 0.6) is 0 Å². The first kappa shape index (κ1) is 12.7. The molecule has 1 aliphatic rings. The van der Waals surface area contributed by atoms with Gasteiger partial charge in [0.15, 0.2) is 5.78 Å². The second-order valence-corrected chi connectivity index (χ2v) is 6.76. The monoisotopic (exact) mass is 387 g/mol. The Balaban J connectivity index is 1.56. The molecular formula is C22H24FN3O2. The third kappa shape index (κ3) is 3.92. The van der Waals surface area contributed by atoms with Gasteiger partial charge in [-0.25, -0.2) is 9.18 Å². The minimum Gasteiger partial charge on any atom is -0.306 e. The molecule has 1 N–H and O–H groups in total. The summed E-state index contributed by atoms with van der Waals surface area (Å²) >= 11 is 0. The Hall–Kier alpha value is -2.73. The lowest BCUT2D eigenvalue weighted by atomic mass is 9.89. The van der Waals surface area contributed by atoms with E-state index in [1.165, 1.54) is 35.2 Å². The molecule has 0 radical (unpaired) electrons. The molecule has 0 aliphatic carbocycles. The molecule has 4 rings (SSSR count). The Morgan fingerprint density at radius 1 is 1.11 bits per heavy atom. The first-order valence-corrected chi connectivity index (χ1v) is 9.13. The fourth-order valence-electron chi connectivity index (χ4n) is 3.43. The lowest BCUT2D eigenvalue weighted by Crippen LogP contribution is -2.37. The van der Waals surface area contributed by atoms with E-state index in [1.54, 1.807) is 18.2 Å². The number of hydrogen-bond acceptors (Lipinski definition) is 3. The van der Waals surface area contributed by atoms with Gasteiger partial charge in [0, 0.05) is 26.2 Å². The molecule has 0 bridgehead atoms. The van der Waals surface area contributed by atoms with Crippen LogP contribution in [0.3, 0.4) is 0 Å². The number of nitrogens with one attached hydrogen (secondary N) is 1. The number of ketones is 1. The van der Waals surface area contributed by atoms with E-state index in [0.717, 1.165) is 0 Å². The van der Waals surface area contributed by atoms with Gasteiger partial charge < -0.3 is 9.88 Å². The summed E-state index contributed by atoms with van der Waals surface area (Å²) in [4.78, 5) is 28.9. The molecule has 2 aromatic carbocycles. The summed E-state index contributed by atoms with van der Waals surface area (Å²) in [5, 5.41) is 0. The molecule has 0 saturated carbocycles. The van der Waals surface area contributed by atoms with Gasteiger partial charge in [-0.1, -0.05) is 12.1 Å². The molecule has 0 spiro atoms. The van der Waals surface area contributed by atoms with Crippen molar-refractivity contribution in [3.8, 4) is 0 Å². The highest BCUT2D eigenvalue weighted by molar-refractivity contribution is 5.97. The van der Waals surface area contributed by atoms with Crippen molar-refractivity contribution in [1.29, 1.82) is 0 Å². The standard InChI is InChI=1S/C22H24FN3O2/c23-18-8-6-16(7-9-18)21(27)17-10-14-25(15-11-17)12-3-13-26-20-5-2-1-4-19(20)24-22(26)28/h1-2,4-9,17H,3,10-15H2,(H,24,28)/i3D2,12D2,13D2. The highest BCUT2D eigenvalue weighted by atomic mass is 19.1. The molecule has 28 heavy (non-hydrogen) atoms. The summed E-state index contributed by atoms with van der Waals surface area (Å²) in [6, 6.07) is 11.4. The molecule has 5 nitrogen and oxygen atoms in total. The van der Waals surface area contributed by atoms with E-state index >= 15 is 0 Å². The van der Waals surface area contributed by atoms with Gasteiger partial charge in [0.25, 0.3) is 0 Å². The van der Waals surface area contributed by atoms with E-state index in [4.69, 9.17) is 8.22 Å². The quantitative estimate of drug-likeness (QED) is 0.659. The number of Topliss-reactive ketones (excluding diaryl/α,β-unsaturated/α-hetero) is 1. The Morgan fingerprint density at radius 3 is 2.57 bits per heavy atom. The van der Waals surface area contributed by atoms with Crippen molar-refractivity contribution in [2.75, 3.05) is 19.6 Å². The van der Waals surface area contributed by atoms with E-state index in [2.05, 4.69) is 4.98 Å². The Bertz CT molecular complexity index is 1260. The number of para-hydroxylation sites is 2. The number of H-pyrrole nitrogens is 1. The van der Waals surface area contributed by atoms with Gasteiger partial charge in [0.2, 0.25) is 0 Å². The minimum atomic E-state index is -3.14. The number of aryl methyl sites for hydroxylation is 1. The van der Waals surface area contributed by atoms with Crippen LogP contribution in [-0.2, 0) is 6.50 Å². The minimum absolute atomic E-state index is 0.0168. The van der Waals surface area contributed by atoms with E-state index < -0.39 is 36.8 Å². The molecule has 1 aliphatic heterocycles. The van der Waals surface area contributed by atoms with Crippen LogP contribution in [0.4, 0.5) is 4.39 Å². The summed E-state index contributed by atoms with van der Waals surface area (Å²) in [5.41, 5.74) is -0.0867. The number of halogens is 1. The maximum atomic E-state index is 13.1. The second kappa shape index (κ2) is 8.10. The van der Waals surface area contributed by atoms with Crippen LogP contribution >= 0.6 is 0 Å². The zero-order chi connectivity index (χ0) is 24.9. The maximum absolute atomic E-state index is 13.1. The van der Waals surface area contributed by atoms with Gasteiger partial charge in [-0.05, 0) is 75.2 Å². The van der Waals surface area contributed by atoms with E-state index in [9.17, 15) is 14.0 Å². The van der Waals surface area contributed by atoms with Crippen molar-refractivity contribution in [1.82, 2.24) is 14.5 Å². The fourth-order valence-corrected chi connectivity index (χ4v) is 3.43. The van der Waals surface area contributed by atoms with Crippen molar-refractivity contribution in [3.63, 3.8) is 0 Å². The second-order valence-electron chi connectivity index (χ2n) is 6.76. The predicted molar refractivity (Wildman–Crippen MR) is 107 cm³/mol. The summed E-state index contributed by atoms with van der Waals surface area (Å²) < 4.78 is 64.9. The Kier molecular flexibility index (Phi) is 3.67. The molecule has 6 heteroatoms. The van der Waals surface area contributed by atoms with Crippen LogP contribution in [0.15, 0.2) is 53.3 Å². The summed E-state index contributed by atoms with van der Waals surface area (Å²) in [6.07, 6.45) is -2.66. The summed E-state index contributed by atoms with van der Waals surface area (Å²) in [5.74, 6) is -1.08. The smallest absolute Gasteiger partial charge is 0.306 e. The van der Waals surface area contributed by atoms with Crippen LogP contribution in [0, 0.1) is 11.7 Å². The van der Waals surface area contributed by atoms with Crippen LogP contribution in [0.2, 0.25) is 0 Å². The molecule has 1 saturated heterocycles. The number of benzene rings is 2. The number of aromatic amines is 1. The average molecular weight is 387 g/mol. The normalized spacial score (nSPS) is 20.6. The number of carbonyl (C=O) groups is 1. The third-order valence-electron chi connectivity index (χ3n) is 4.97. The molecule has 0 amide bonds. The Morgan fingerprint density at radius 2 is 1.82 bits per heavy atom. The lowest BCUT2D eigenvalue weighted by Gasteiger charge is -2.31. The number of nitrogens with zero attached hydrogens (tertiary/aromatic N) is 2. The maximum Gasteiger partial charge on any atom is 0.326 e. The van der Waals surface area contributed by atoms with Gasteiger partial charge in [0.05, 0.1) is 11.0 Å². The van der Waals surface area contributed by atoms with Crippen LogP contribution in [-0.4, -0.2) is 39.8 Å². The van der Waals surface area contributed by atoms with Crippen LogP contribution < -0.4 is 5.69 Å². The number of likely N-dealkylation sites (tertiary alicyclic amines) is 1. The number of hydrogen-bond donors (Lipinski definition) is 1. The molecule has 0 unspecified atom stereocenters. The zero-order valence-corrected chi connectivity index (χ0v) is 15.1. The number of carbonyl (C=O) groups excluding carboxylic acids is 1. The first-order valence-electron chi connectivity index (χ1n) is 12.1. The number of imidazole rings is 1. The SMILES string of the molecule is [2H]C([2H])(N1CCC(C(=O)c2ccc(F)cc2)CC1)C([2H])([2H])C([2H])([2H])n1c(=O)[nH]c2ccccc21. The molecule has 0 atom stereocenters. The molecule has 1 fully saturated rings. The fraction of sp³-hybridized carbons (Fsp3) is 0.364. The van der Waals surface area contributed by atoms with Crippen LogP contribution in [0.1, 0.15) is 37.8 Å². The third-order valence-corrected chi connectivity index (χ3v) is 4.97. The zero-order valence-electron chi connectivity index (χ0n) is 21.1.